The minimum atomic E-state index is -0.295. The number of benzene rings is 1. The Bertz CT molecular complexity index is 546. The molecule has 1 amide bonds. The van der Waals surface area contributed by atoms with Crippen molar-refractivity contribution in [3.8, 4) is 5.75 Å². The zero-order valence-electron chi connectivity index (χ0n) is 9.02. The molecule has 0 aliphatic rings. The van der Waals surface area contributed by atoms with Crippen molar-refractivity contribution >= 4 is 45.6 Å². The number of thiazole rings is 1. The van der Waals surface area contributed by atoms with Gasteiger partial charge in [0.1, 0.15) is 5.75 Å². The summed E-state index contributed by atoms with van der Waals surface area (Å²) in [4.78, 5) is 15.5. The molecule has 1 heterocycles. The largest absolute Gasteiger partial charge is 0.482 e. The van der Waals surface area contributed by atoms with Crippen LogP contribution in [0.2, 0.25) is 10.0 Å². The van der Waals surface area contributed by atoms with E-state index in [0.717, 1.165) is 0 Å². The number of ether oxygens (including phenoxy) is 1. The van der Waals surface area contributed by atoms with Crippen LogP contribution in [0.4, 0.5) is 5.13 Å². The van der Waals surface area contributed by atoms with Gasteiger partial charge in [-0.15, -0.1) is 11.3 Å². The standard InChI is InChI=1S/C11H8Cl2N2O2S/c12-7-1-2-9(8(13)5-7)17-6-10(16)15-11-14-3-4-18-11/h1-5H,6H2,(H,14,15,16). The van der Waals surface area contributed by atoms with Crippen LogP contribution < -0.4 is 10.1 Å². The maximum absolute atomic E-state index is 11.5. The fraction of sp³-hybridized carbons (Fsp3) is 0.0909. The van der Waals surface area contributed by atoms with Crippen molar-refractivity contribution in [1.82, 2.24) is 4.98 Å². The molecule has 0 spiro atoms. The van der Waals surface area contributed by atoms with Crippen molar-refractivity contribution in [2.45, 2.75) is 0 Å². The van der Waals surface area contributed by atoms with Gasteiger partial charge in [-0.25, -0.2) is 4.98 Å². The van der Waals surface area contributed by atoms with Gasteiger partial charge in [-0.05, 0) is 18.2 Å². The lowest BCUT2D eigenvalue weighted by Crippen LogP contribution is -2.20. The molecular weight excluding hydrogens is 295 g/mol. The summed E-state index contributed by atoms with van der Waals surface area (Å²) < 4.78 is 5.28. The van der Waals surface area contributed by atoms with Gasteiger partial charge in [-0.2, -0.15) is 0 Å². The van der Waals surface area contributed by atoms with Crippen LogP contribution >= 0.6 is 34.5 Å². The number of carbonyl (C=O) groups is 1. The first-order chi connectivity index (χ1) is 8.65. The molecule has 0 unspecified atom stereocenters. The first-order valence-corrected chi connectivity index (χ1v) is 6.56. The fourth-order valence-corrected chi connectivity index (χ4v) is 2.18. The number of halogens is 2. The van der Waals surface area contributed by atoms with Crippen LogP contribution in [0.5, 0.6) is 5.75 Å². The van der Waals surface area contributed by atoms with E-state index >= 15 is 0 Å². The predicted molar refractivity (Wildman–Crippen MR) is 72.7 cm³/mol. The molecule has 0 aliphatic carbocycles. The minimum Gasteiger partial charge on any atom is -0.482 e. The Kier molecular flexibility index (Phi) is 4.41. The highest BCUT2D eigenvalue weighted by Gasteiger charge is 2.07. The number of anilines is 1. The molecule has 2 aromatic rings. The Labute approximate surface area is 118 Å². The van der Waals surface area contributed by atoms with Gasteiger partial charge < -0.3 is 4.74 Å². The van der Waals surface area contributed by atoms with E-state index in [0.29, 0.717) is 20.9 Å². The fourth-order valence-electron chi connectivity index (χ4n) is 1.18. The molecular formula is C11H8Cl2N2O2S. The minimum absolute atomic E-state index is 0.138. The molecule has 7 heteroatoms. The first kappa shape index (κ1) is 13.1. The number of hydrogen-bond acceptors (Lipinski definition) is 4. The smallest absolute Gasteiger partial charge is 0.264 e. The Hall–Kier alpha value is -1.30. The molecule has 0 atom stereocenters. The van der Waals surface area contributed by atoms with Crippen molar-refractivity contribution in [1.29, 1.82) is 0 Å². The number of rotatable bonds is 4. The van der Waals surface area contributed by atoms with Crippen LogP contribution in [0, 0.1) is 0 Å². The summed E-state index contributed by atoms with van der Waals surface area (Å²) >= 11 is 13.0. The van der Waals surface area contributed by atoms with E-state index in [4.69, 9.17) is 27.9 Å². The molecule has 0 saturated carbocycles. The molecule has 2 rings (SSSR count). The number of hydrogen-bond donors (Lipinski definition) is 1. The van der Waals surface area contributed by atoms with Crippen molar-refractivity contribution < 1.29 is 9.53 Å². The van der Waals surface area contributed by atoms with Crippen molar-refractivity contribution in [3.63, 3.8) is 0 Å². The highest BCUT2D eigenvalue weighted by molar-refractivity contribution is 7.13. The number of nitrogens with one attached hydrogen (secondary N) is 1. The van der Waals surface area contributed by atoms with Crippen molar-refractivity contribution in [2.24, 2.45) is 0 Å². The second-order valence-electron chi connectivity index (χ2n) is 3.25. The summed E-state index contributed by atoms with van der Waals surface area (Å²) in [7, 11) is 0. The topological polar surface area (TPSA) is 51.2 Å². The Morgan fingerprint density at radius 3 is 2.94 bits per heavy atom. The van der Waals surface area contributed by atoms with Crippen LogP contribution in [-0.2, 0) is 4.79 Å². The van der Waals surface area contributed by atoms with Gasteiger partial charge >= 0.3 is 0 Å². The average Bonchev–Trinajstić information content (AvgIpc) is 2.80. The molecule has 1 aromatic carbocycles. The number of amides is 1. The number of nitrogens with zero attached hydrogens (tertiary/aromatic N) is 1. The molecule has 1 aromatic heterocycles. The monoisotopic (exact) mass is 302 g/mol. The summed E-state index contributed by atoms with van der Waals surface area (Å²) in [6.45, 7) is -0.138. The summed E-state index contributed by atoms with van der Waals surface area (Å²) in [5, 5.41) is 5.78. The summed E-state index contributed by atoms with van der Waals surface area (Å²) in [6, 6.07) is 4.81. The van der Waals surface area contributed by atoms with E-state index in [-0.39, 0.29) is 12.5 Å². The van der Waals surface area contributed by atoms with Crippen LogP contribution in [-0.4, -0.2) is 17.5 Å². The number of carbonyl (C=O) groups excluding carboxylic acids is 1. The normalized spacial score (nSPS) is 10.1. The van der Waals surface area contributed by atoms with Gasteiger partial charge in [0.2, 0.25) is 0 Å². The Morgan fingerprint density at radius 2 is 2.28 bits per heavy atom. The average molecular weight is 303 g/mol. The lowest BCUT2D eigenvalue weighted by atomic mass is 10.3. The van der Waals surface area contributed by atoms with Crippen LogP contribution in [0.3, 0.4) is 0 Å². The van der Waals surface area contributed by atoms with E-state index in [2.05, 4.69) is 10.3 Å². The van der Waals surface area contributed by atoms with E-state index < -0.39 is 0 Å². The van der Waals surface area contributed by atoms with Crippen LogP contribution in [0.25, 0.3) is 0 Å². The second kappa shape index (κ2) is 6.04. The molecule has 0 fully saturated rings. The van der Waals surface area contributed by atoms with E-state index in [9.17, 15) is 4.79 Å². The zero-order valence-corrected chi connectivity index (χ0v) is 11.4. The van der Waals surface area contributed by atoms with Crippen molar-refractivity contribution in [3.05, 3.63) is 39.8 Å². The zero-order chi connectivity index (χ0) is 13.0. The summed E-state index contributed by atoms with van der Waals surface area (Å²) in [5.41, 5.74) is 0. The van der Waals surface area contributed by atoms with Gasteiger partial charge in [0.05, 0.1) is 5.02 Å². The van der Waals surface area contributed by atoms with Crippen LogP contribution in [0.1, 0.15) is 0 Å². The summed E-state index contributed by atoms with van der Waals surface area (Å²) in [5.74, 6) is 0.117. The first-order valence-electron chi connectivity index (χ1n) is 4.92. The molecule has 0 saturated heterocycles. The molecule has 94 valence electrons. The van der Waals surface area contributed by atoms with Gasteiger partial charge in [-0.3, -0.25) is 10.1 Å². The molecule has 1 N–H and O–H groups in total. The highest BCUT2D eigenvalue weighted by atomic mass is 35.5. The SMILES string of the molecule is O=C(COc1ccc(Cl)cc1Cl)Nc1nccs1. The van der Waals surface area contributed by atoms with Gasteiger partial charge in [0, 0.05) is 16.6 Å². The molecule has 0 aliphatic heterocycles. The Balaban J connectivity index is 1.89. The maximum atomic E-state index is 11.5. The third-order valence-corrected chi connectivity index (χ3v) is 3.15. The summed E-state index contributed by atoms with van der Waals surface area (Å²) in [6.07, 6.45) is 1.61. The second-order valence-corrected chi connectivity index (χ2v) is 4.99. The van der Waals surface area contributed by atoms with Gasteiger partial charge in [0.15, 0.2) is 11.7 Å². The highest BCUT2D eigenvalue weighted by Crippen LogP contribution is 2.27. The lowest BCUT2D eigenvalue weighted by molar-refractivity contribution is -0.118. The number of aromatic nitrogens is 1. The quantitative estimate of drug-likeness (QED) is 0.941. The van der Waals surface area contributed by atoms with Crippen molar-refractivity contribution in [2.75, 3.05) is 11.9 Å². The molecule has 0 radical (unpaired) electrons. The molecule has 0 bridgehead atoms. The molecule has 18 heavy (non-hydrogen) atoms. The van der Waals surface area contributed by atoms with Gasteiger partial charge in [-0.1, -0.05) is 23.2 Å². The van der Waals surface area contributed by atoms with E-state index in [1.165, 1.54) is 11.3 Å². The third-order valence-electron chi connectivity index (χ3n) is 1.93. The molecule has 4 nitrogen and oxygen atoms in total. The lowest BCUT2D eigenvalue weighted by Gasteiger charge is -2.07. The third kappa shape index (κ3) is 3.60. The predicted octanol–water partition coefficient (Wildman–Crippen LogP) is 3.47. The van der Waals surface area contributed by atoms with Crippen LogP contribution in [0.15, 0.2) is 29.8 Å². The van der Waals surface area contributed by atoms with E-state index in [1.807, 2.05) is 0 Å². The maximum Gasteiger partial charge on any atom is 0.264 e. The van der Waals surface area contributed by atoms with E-state index in [1.54, 1.807) is 29.8 Å². The van der Waals surface area contributed by atoms with Gasteiger partial charge in [0.25, 0.3) is 5.91 Å². The Morgan fingerprint density at radius 1 is 1.44 bits per heavy atom.